The first-order valence-electron chi connectivity index (χ1n) is 24.6. The molecule has 0 heterocycles. The molecule has 55 heavy (non-hydrogen) atoms. The topological polar surface area (TPSA) is 89.8 Å². The van der Waals surface area contributed by atoms with Crippen LogP contribution in [0.25, 0.3) is 0 Å². The van der Waals surface area contributed by atoms with Crippen LogP contribution in [-0.2, 0) is 4.79 Å². The summed E-state index contributed by atoms with van der Waals surface area (Å²) >= 11 is 0. The molecule has 0 aliphatic carbocycles. The van der Waals surface area contributed by atoms with E-state index in [4.69, 9.17) is 0 Å². The molecule has 5 heteroatoms. The predicted octanol–water partition coefficient (Wildman–Crippen LogP) is 14.6. The second-order valence-electron chi connectivity index (χ2n) is 17.1. The summed E-state index contributed by atoms with van der Waals surface area (Å²) in [5, 5.41) is 33.3. The summed E-state index contributed by atoms with van der Waals surface area (Å²) < 4.78 is 0. The number of nitrogens with one attached hydrogen (secondary N) is 1. The normalized spacial score (nSPS) is 13.6. The minimum Gasteiger partial charge on any atom is -0.394 e. The SMILES string of the molecule is CCCCCCCCCCCCCCCC/C=C/CC/C=C/C(O)C(CO)NC(=O)CC(O)CCCCCCCCCCCCCCCCCCCCCC. The number of unbranched alkanes of at least 4 members (excludes halogenated alkanes) is 34. The highest BCUT2D eigenvalue weighted by molar-refractivity contribution is 5.76. The van der Waals surface area contributed by atoms with Crippen LogP contribution in [-0.4, -0.2) is 46.1 Å². The van der Waals surface area contributed by atoms with E-state index in [0.717, 1.165) is 32.1 Å². The van der Waals surface area contributed by atoms with Gasteiger partial charge in [0.1, 0.15) is 0 Å². The molecular formula is C50H97NO4. The van der Waals surface area contributed by atoms with Gasteiger partial charge in [-0.3, -0.25) is 4.79 Å². The average molecular weight is 776 g/mol. The van der Waals surface area contributed by atoms with Gasteiger partial charge < -0.3 is 20.6 Å². The highest BCUT2D eigenvalue weighted by Crippen LogP contribution is 2.17. The van der Waals surface area contributed by atoms with Crippen molar-refractivity contribution in [3.8, 4) is 0 Å². The van der Waals surface area contributed by atoms with Gasteiger partial charge in [-0.2, -0.15) is 0 Å². The molecule has 1 amide bonds. The van der Waals surface area contributed by atoms with Crippen molar-refractivity contribution in [2.24, 2.45) is 0 Å². The van der Waals surface area contributed by atoms with Gasteiger partial charge in [0.25, 0.3) is 0 Å². The predicted molar refractivity (Wildman–Crippen MR) is 241 cm³/mol. The Morgan fingerprint density at radius 3 is 1.16 bits per heavy atom. The van der Waals surface area contributed by atoms with Gasteiger partial charge >= 0.3 is 0 Å². The molecule has 0 rings (SSSR count). The molecule has 0 saturated carbocycles. The van der Waals surface area contributed by atoms with Crippen molar-refractivity contribution in [2.75, 3.05) is 6.61 Å². The molecule has 0 fully saturated rings. The van der Waals surface area contributed by atoms with Crippen molar-refractivity contribution in [1.29, 1.82) is 0 Å². The third-order valence-corrected chi connectivity index (χ3v) is 11.5. The standard InChI is InChI=1S/C50H97NO4/c1-3-5-7-9-11-13-15-17-19-21-23-25-27-29-31-33-35-37-39-41-43-47(53)45-50(55)51-48(46-52)49(54)44-42-40-38-36-34-32-30-28-26-24-22-20-18-16-14-12-10-8-6-4-2/h34,36,42,44,47-49,52-54H,3-33,35,37-41,43,45-46H2,1-2H3,(H,51,55)/b36-34+,44-42+. The molecule has 0 radical (unpaired) electrons. The molecule has 0 aliphatic heterocycles. The third kappa shape index (κ3) is 42.3. The van der Waals surface area contributed by atoms with E-state index in [1.807, 2.05) is 6.08 Å². The molecule has 0 spiro atoms. The zero-order valence-corrected chi connectivity index (χ0v) is 37.1. The minimum absolute atomic E-state index is 0.0101. The number of hydrogen-bond acceptors (Lipinski definition) is 4. The Balaban J connectivity index is 3.64. The summed E-state index contributed by atoms with van der Waals surface area (Å²) in [6.07, 6.45) is 56.2. The number of aliphatic hydroxyl groups is 3. The van der Waals surface area contributed by atoms with E-state index in [1.165, 1.54) is 205 Å². The lowest BCUT2D eigenvalue weighted by atomic mass is 10.0. The molecule has 3 atom stereocenters. The lowest BCUT2D eigenvalue weighted by molar-refractivity contribution is -0.124. The summed E-state index contributed by atoms with van der Waals surface area (Å²) in [7, 11) is 0. The quantitative estimate of drug-likeness (QED) is 0.0366. The van der Waals surface area contributed by atoms with Crippen LogP contribution in [0.1, 0.15) is 264 Å². The van der Waals surface area contributed by atoms with Crippen LogP contribution in [0.3, 0.4) is 0 Å². The van der Waals surface area contributed by atoms with Gasteiger partial charge in [-0.05, 0) is 32.1 Å². The Morgan fingerprint density at radius 2 is 0.782 bits per heavy atom. The Hall–Kier alpha value is -1.17. The van der Waals surface area contributed by atoms with Crippen LogP contribution in [0.5, 0.6) is 0 Å². The molecular weight excluding hydrogens is 679 g/mol. The van der Waals surface area contributed by atoms with Gasteiger partial charge in [-0.15, -0.1) is 0 Å². The van der Waals surface area contributed by atoms with Gasteiger partial charge in [0.05, 0.1) is 31.3 Å². The van der Waals surface area contributed by atoms with Crippen molar-refractivity contribution >= 4 is 5.91 Å². The van der Waals surface area contributed by atoms with Crippen LogP contribution in [0.4, 0.5) is 0 Å². The van der Waals surface area contributed by atoms with E-state index in [0.29, 0.717) is 6.42 Å². The van der Waals surface area contributed by atoms with Gasteiger partial charge in [-0.25, -0.2) is 0 Å². The second-order valence-corrected chi connectivity index (χ2v) is 17.1. The summed E-state index contributed by atoms with van der Waals surface area (Å²) in [5.74, 6) is -0.321. The first-order chi connectivity index (χ1) is 27.0. The van der Waals surface area contributed by atoms with E-state index < -0.39 is 18.2 Å². The number of carbonyl (C=O) groups excluding carboxylic acids is 1. The van der Waals surface area contributed by atoms with E-state index in [2.05, 4.69) is 31.3 Å². The van der Waals surface area contributed by atoms with Crippen LogP contribution in [0.2, 0.25) is 0 Å². The molecule has 0 aromatic carbocycles. The average Bonchev–Trinajstić information content (AvgIpc) is 3.18. The van der Waals surface area contributed by atoms with Crippen LogP contribution in [0.15, 0.2) is 24.3 Å². The molecule has 0 aliphatic rings. The highest BCUT2D eigenvalue weighted by Gasteiger charge is 2.20. The number of hydrogen-bond donors (Lipinski definition) is 4. The Labute approximate surface area is 343 Å². The molecule has 0 bridgehead atoms. The molecule has 4 N–H and O–H groups in total. The number of amides is 1. The monoisotopic (exact) mass is 776 g/mol. The molecule has 0 saturated heterocycles. The summed E-state index contributed by atoms with van der Waals surface area (Å²) in [6.45, 7) is 4.23. The molecule has 3 unspecified atom stereocenters. The molecule has 0 aromatic rings. The summed E-state index contributed by atoms with van der Waals surface area (Å²) in [5.41, 5.74) is 0. The fraction of sp³-hybridized carbons (Fsp3) is 0.900. The lowest BCUT2D eigenvalue weighted by Crippen LogP contribution is -2.45. The number of rotatable bonds is 45. The zero-order chi connectivity index (χ0) is 40.1. The van der Waals surface area contributed by atoms with E-state index in [1.54, 1.807) is 6.08 Å². The fourth-order valence-electron chi connectivity index (χ4n) is 7.71. The maximum atomic E-state index is 12.5. The van der Waals surface area contributed by atoms with Gasteiger partial charge in [0.2, 0.25) is 5.91 Å². The highest BCUT2D eigenvalue weighted by atomic mass is 16.3. The fourth-order valence-corrected chi connectivity index (χ4v) is 7.71. The largest absolute Gasteiger partial charge is 0.394 e. The van der Waals surface area contributed by atoms with Crippen molar-refractivity contribution < 1.29 is 20.1 Å². The Morgan fingerprint density at radius 1 is 0.455 bits per heavy atom. The van der Waals surface area contributed by atoms with Crippen LogP contribution in [0, 0.1) is 0 Å². The number of allylic oxidation sites excluding steroid dienone is 3. The second kappa shape index (κ2) is 45.5. The Bertz CT molecular complexity index is 814. The lowest BCUT2D eigenvalue weighted by Gasteiger charge is -2.21. The zero-order valence-electron chi connectivity index (χ0n) is 37.1. The van der Waals surface area contributed by atoms with Crippen molar-refractivity contribution in [3.63, 3.8) is 0 Å². The van der Waals surface area contributed by atoms with Crippen LogP contribution >= 0.6 is 0 Å². The smallest absolute Gasteiger partial charge is 0.222 e. The first kappa shape index (κ1) is 53.8. The van der Waals surface area contributed by atoms with Crippen LogP contribution < -0.4 is 5.32 Å². The third-order valence-electron chi connectivity index (χ3n) is 11.5. The maximum Gasteiger partial charge on any atom is 0.222 e. The van der Waals surface area contributed by atoms with E-state index in [-0.39, 0.29) is 18.9 Å². The molecule has 326 valence electrons. The van der Waals surface area contributed by atoms with E-state index >= 15 is 0 Å². The number of carbonyl (C=O) groups is 1. The molecule has 0 aromatic heterocycles. The van der Waals surface area contributed by atoms with Crippen molar-refractivity contribution in [3.05, 3.63) is 24.3 Å². The van der Waals surface area contributed by atoms with Gasteiger partial charge in [0, 0.05) is 0 Å². The van der Waals surface area contributed by atoms with Crippen molar-refractivity contribution in [1.82, 2.24) is 5.32 Å². The molecule has 5 nitrogen and oxygen atoms in total. The Kier molecular flexibility index (Phi) is 44.6. The summed E-state index contributed by atoms with van der Waals surface area (Å²) in [4.78, 5) is 12.5. The summed E-state index contributed by atoms with van der Waals surface area (Å²) in [6, 6.07) is -0.758. The number of aliphatic hydroxyl groups excluding tert-OH is 3. The van der Waals surface area contributed by atoms with Gasteiger partial charge in [0.15, 0.2) is 0 Å². The van der Waals surface area contributed by atoms with Crippen molar-refractivity contribution in [2.45, 2.75) is 283 Å². The minimum atomic E-state index is -0.949. The first-order valence-corrected chi connectivity index (χ1v) is 24.6. The van der Waals surface area contributed by atoms with E-state index in [9.17, 15) is 20.1 Å². The maximum absolute atomic E-state index is 12.5. The van der Waals surface area contributed by atoms with Gasteiger partial charge in [-0.1, -0.05) is 250 Å².